The van der Waals surface area contributed by atoms with E-state index in [0.717, 1.165) is 38.8 Å². The fraction of sp³-hybridized carbons (Fsp3) is 0.360. The first-order chi connectivity index (χ1) is 15.7. The van der Waals surface area contributed by atoms with Crippen LogP contribution in [0.2, 0.25) is 0 Å². The van der Waals surface area contributed by atoms with Crippen molar-refractivity contribution in [2.45, 2.75) is 32.2 Å². The Hall–Kier alpha value is -3.48. The normalized spacial score (nSPS) is 16.6. The van der Waals surface area contributed by atoms with Gasteiger partial charge in [-0.2, -0.15) is 0 Å². The third kappa shape index (κ3) is 4.15. The summed E-state index contributed by atoms with van der Waals surface area (Å²) in [7, 11) is 0. The largest absolute Gasteiger partial charge is 0.353 e. The van der Waals surface area contributed by atoms with Crippen LogP contribution in [0.1, 0.15) is 29.5 Å². The predicted molar refractivity (Wildman–Crippen MR) is 125 cm³/mol. The average molecular weight is 430 g/mol. The Morgan fingerprint density at radius 1 is 0.875 bits per heavy atom. The van der Waals surface area contributed by atoms with Crippen LogP contribution in [-0.2, 0) is 19.4 Å². The lowest BCUT2D eigenvalue weighted by Crippen LogP contribution is -2.36. The molecule has 2 aliphatic rings. The maximum atomic E-state index is 12.2. The number of aromatic nitrogens is 2. The number of hydrogen-bond acceptors (Lipinski definition) is 6. The second-order valence-electron chi connectivity index (χ2n) is 8.69. The van der Waals surface area contributed by atoms with E-state index in [1.165, 1.54) is 23.0 Å². The van der Waals surface area contributed by atoms with E-state index in [1.54, 1.807) is 0 Å². The number of piperidine rings is 1. The number of rotatable bonds is 5. The Labute approximate surface area is 187 Å². The number of nitro groups is 1. The molecule has 164 valence electrons. The van der Waals surface area contributed by atoms with Crippen LogP contribution in [0.15, 0.2) is 60.9 Å². The summed E-state index contributed by atoms with van der Waals surface area (Å²) in [5.41, 5.74) is 3.90. The monoisotopic (exact) mass is 429 g/mol. The van der Waals surface area contributed by atoms with Crippen molar-refractivity contribution in [3.8, 4) is 0 Å². The van der Waals surface area contributed by atoms with Crippen LogP contribution >= 0.6 is 0 Å². The molecule has 0 N–H and O–H groups in total. The van der Waals surface area contributed by atoms with Gasteiger partial charge in [-0.3, -0.25) is 10.1 Å². The summed E-state index contributed by atoms with van der Waals surface area (Å²) in [4.78, 5) is 24.7. The highest BCUT2D eigenvalue weighted by Crippen LogP contribution is 2.38. The van der Waals surface area contributed by atoms with Crippen molar-refractivity contribution in [1.29, 1.82) is 0 Å². The van der Waals surface area contributed by atoms with E-state index >= 15 is 0 Å². The van der Waals surface area contributed by atoms with Crippen molar-refractivity contribution in [3.05, 3.63) is 87.7 Å². The Morgan fingerprint density at radius 3 is 2.25 bits per heavy atom. The van der Waals surface area contributed by atoms with E-state index in [0.29, 0.717) is 30.6 Å². The van der Waals surface area contributed by atoms with Gasteiger partial charge in [-0.1, -0.05) is 54.6 Å². The van der Waals surface area contributed by atoms with Gasteiger partial charge in [0, 0.05) is 26.2 Å². The van der Waals surface area contributed by atoms with Crippen molar-refractivity contribution in [2.24, 2.45) is 5.92 Å². The molecule has 0 atom stereocenters. The van der Waals surface area contributed by atoms with E-state index in [-0.39, 0.29) is 10.6 Å². The molecule has 0 unspecified atom stereocenters. The zero-order chi connectivity index (χ0) is 21.9. The summed E-state index contributed by atoms with van der Waals surface area (Å²) in [6, 6.07) is 18.8. The fourth-order valence-corrected chi connectivity index (χ4v) is 4.96. The highest BCUT2D eigenvalue weighted by atomic mass is 16.6. The van der Waals surface area contributed by atoms with Crippen LogP contribution in [0.4, 0.5) is 17.3 Å². The van der Waals surface area contributed by atoms with E-state index in [4.69, 9.17) is 0 Å². The summed E-state index contributed by atoms with van der Waals surface area (Å²) >= 11 is 0. The maximum Gasteiger partial charge on any atom is 0.353 e. The van der Waals surface area contributed by atoms with Crippen LogP contribution < -0.4 is 9.80 Å². The highest BCUT2D eigenvalue weighted by molar-refractivity contribution is 5.71. The summed E-state index contributed by atoms with van der Waals surface area (Å²) in [6.07, 6.45) is 5.40. The molecule has 3 heterocycles. The van der Waals surface area contributed by atoms with E-state index in [2.05, 4.69) is 51.3 Å². The van der Waals surface area contributed by atoms with E-state index in [9.17, 15) is 10.1 Å². The van der Waals surface area contributed by atoms with Gasteiger partial charge in [0.05, 0.1) is 4.92 Å². The quantitative estimate of drug-likeness (QED) is 0.442. The molecule has 1 aromatic heterocycles. The van der Waals surface area contributed by atoms with Gasteiger partial charge >= 0.3 is 5.69 Å². The molecule has 0 radical (unpaired) electrons. The molecule has 7 nitrogen and oxygen atoms in total. The van der Waals surface area contributed by atoms with Crippen LogP contribution in [0, 0.1) is 16.0 Å². The molecule has 32 heavy (non-hydrogen) atoms. The van der Waals surface area contributed by atoms with Crippen molar-refractivity contribution in [3.63, 3.8) is 0 Å². The Kier molecular flexibility index (Phi) is 5.71. The number of fused-ring (bicyclic) bond motifs is 1. The third-order valence-corrected chi connectivity index (χ3v) is 6.68. The molecule has 5 rings (SSSR count). The number of benzene rings is 2. The van der Waals surface area contributed by atoms with Crippen molar-refractivity contribution < 1.29 is 4.92 Å². The fourth-order valence-electron chi connectivity index (χ4n) is 4.96. The van der Waals surface area contributed by atoms with Gasteiger partial charge in [0.2, 0.25) is 11.6 Å². The molecule has 1 saturated heterocycles. The van der Waals surface area contributed by atoms with Crippen molar-refractivity contribution >= 4 is 17.3 Å². The van der Waals surface area contributed by atoms with Crippen LogP contribution in [0.25, 0.3) is 0 Å². The Bertz CT molecular complexity index is 1100. The Balaban J connectivity index is 1.35. The smallest absolute Gasteiger partial charge is 0.351 e. The van der Waals surface area contributed by atoms with Gasteiger partial charge in [-0.25, -0.2) is 9.97 Å². The first-order valence-electron chi connectivity index (χ1n) is 11.3. The van der Waals surface area contributed by atoms with Crippen LogP contribution in [0.5, 0.6) is 0 Å². The first-order valence-corrected chi connectivity index (χ1v) is 11.3. The second-order valence-corrected chi connectivity index (χ2v) is 8.69. The molecule has 3 aromatic rings. The van der Waals surface area contributed by atoms with Gasteiger partial charge in [0.1, 0.15) is 6.33 Å². The molecule has 0 aliphatic carbocycles. The molecule has 0 bridgehead atoms. The molecule has 2 aromatic carbocycles. The zero-order valence-corrected chi connectivity index (χ0v) is 18.1. The predicted octanol–water partition coefficient (Wildman–Crippen LogP) is 4.41. The van der Waals surface area contributed by atoms with Gasteiger partial charge in [-0.15, -0.1) is 0 Å². The van der Waals surface area contributed by atoms with Gasteiger partial charge in [0.15, 0.2) is 0 Å². The molecular formula is C25H27N5O2. The van der Waals surface area contributed by atoms with Gasteiger partial charge in [0.25, 0.3) is 0 Å². The van der Waals surface area contributed by atoms with E-state index < -0.39 is 0 Å². The molecule has 0 amide bonds. The Morgan fingerprint density at radius 2 is 1.53 bits per heavy atom. The lowest BCUT2D eigenvalue weighted by atomic mass is 9.90. The number of anilines is 2. The molecule has 1 fully saturated rings. The molecule has 0 saturated carbocycles. The van der Waals surface area contributed by atoms with Crippen LogP contribution in [-0.4, -0.2) is 34.5 Å². The number of nitrogens with zero attached hydrogens (tertiary/aromatic N) is 5. The third-order valence-electron chi connectivity index (χ3n) is 6.68. The van der Waals surface area contributed by atoms with Crippen molar-refractivity contribution in [1.82, 2.24) is 9.97 Å². The van der Waals surface area contributed by atoms with E-state index in [1.807, 2.05) is 23.1 Å². The van der Waals surface area contributed by atoms with Crippen molar-refractivity contribution in [2.75, 3.05) is 29.4 Å². The summed E-state index contributed by atoms with van der Waals surface area (Å²) in [5.74, 6) is 1.48. The molecular weight excluding hydrogens is 402 g/mol. The van der Waals surface area contributed by atoms with Gasteiger partial charge in [-0.05, 0) is 48.3 Å². The van der Waals surface area contributed by atoms with Crippen LogP contribution in [0.3, 0.4) is 0 Å². The summed E-state index contributed by atoms with van der Waals surface area (Å²) in [6.45, 7) is 2.90. The standard InChI is InChI=1S/C25H27N5O2/c31-30(32)23-24(28-13-10-20(11-14-28)16-19-6-2-1-3-7-19)26-18-27-25(23)29-15-12-21-8-4-5-9-22(21)17-29/h1-9,18,20H,10-17H2. The number of hydrogen-bond donors (Lipinski definition) is 0. The first kappa shape index (κ1) is 20.4. The summed E-state index contributed by atoms with van der Waals surface area (Å²) in [5, 5.41) is 12.2. The minimum absolute atomic E-state index is 0.0355. The SMILES string of the molecule is O=[N+]([O-])c1c(N2CCC(Cc3ccccc3)CC2)ncnc1N1CCc2ccccc2C1. The molecule has 0 spiro atoms. The minimum atomic E-state index is -0.304. The molecule has 7 heteroatoms. The topological polar surface area (TPSA) is 75.4 Å². The lowest BCUT2D eigenvalue weighted by Gasteiger charge is -2.34. The zero-order valence-electron chi connectivity index (χ0n) is 18.1. The maximum absolute atomic E-state index is 12.2. The highest BCUT2D eigenvalue weighted by Gasteiger charge is 2.33. The van der Waals surface area contributed by atoms with Gasteiger partial charge < -0.3 is 9.80 Å². The molecule has 2 aliphatic heterocycles. The second kappa shape index (κ2) is 8.94. The lowest BCUT2D eigenvalue weighted by molar-refractivity contribution is -0.383. The average Bonchev–Trinajstić information content (AvgIpc) is 2.84. The minimum Gasteiger partial charge on any atom is -0.351 e. The summed E-state index contributed by atoms with van der Waals surface area (Å²) < 4.78 is 0.